The van der Waals surface area contributed by atoms with Crippen LogP contribution in [0, 0.1) is 0 Å². The van der Waals surface area contributed by atoms with Crippen LogP contribution >= 0.6 is 16.8 Å². The Morgan fingerprint density at radius 3 is 2.38 bits per heavy atom. The first-order valence-electron chi connectivity index (χ1n) is 3.77. The van der Waals surface area contributed by atoms with Crippen molar-refractivity contribution in [3.05, 3.63) is 35.4 Å². The summed E-state index contributed by atoms with van der Waals surface area (Å²) in [6.45, 7) is 0. The summed E-state index contributed by atoms with van der Waals surface area (Å²) in [5, 5.41) is 0. The Labute approximate surface area is 92.9 Å². The first-order valence-corrected chi connectivity index (χ1v) is 12.5. The van der Waals surface area contributed by atoms with Gasteiger partial charge in [-0.3, -0.25) is 0 Å². The molecular weight excluding hydrogens is 392 g/mol. The SMILES string of the molecule is NC(=O)c1ccc(C2C=I[I-]2)cc1. The van der Waals surface area contributed by atoms with Crippen LogP contribution in [0.3, 0.4) is 0 Å². The van der Waals surface area contributed by atoms with Crippen LogP contribution < -0.4 is 23.0 Å². The molecule has 2 nitrogen and oxygen atoms in total. The van der Waals surface area contributed by atoms with Crippen molar-refractivity contribution in [1.82, 2.24) is 0 Å². The number of carbonyl (C=O) groups excluding carboxylic acids is 1. The number of hydrogen-bond donors (Lipinski definition) is 1. The van der Waals surface area contributed by atoms with E-state index < -0.39 is 0 Å². The quantitative estimate of drug-likeness (QED) is 0.483. The zero-order valence-corrected chi connectivity index (χ0v) is 11.0. The van der Waals surface area contributed by atoms with Gasteiger partial charge in [0.25, 0.3) is 0 Å². The van der Waals surface area contributed by atoms with Crippen LogP contribution in [-0.2, 0) is 0 Å². The van der Waals surface area contributed by atoms with Gasteiger partial charge in [-0.05, 0) is 0 Å². The van der Waals surface area contributed by atoms with Crippen molar-refractivity contribution in [2.24, 2.45) is 5.73 Å². The molecule has 0 aromatic heterocycles. The average Bonchev–Trinajstić information content (AvgIpc) is 2.02. The second-order valence-electron chi connectivity index (χ2n) is 2.68. The van der Waals surface area contributed by atoms with Crippen LogP contribution in [0.4, 0.5) is 0 Å². The Balaban J connectivity index is 2.23. The van der Waals surface area contributed by atoms with Crippen LogP contribution in [0.15, 0.2) is 24.3 Å². The molecule has 0 fully saturated rings. The third kappa shape index (κ3) is 2.09. The number of primary amides is 1. The molecule has 2 N–H and O–H groups in total. The zero-order valence-electron chi connectivity index (χ0n) is 6.71. The molecule has 2 rings (SSSR count). The molecule has 0 saturated heterocycles. The molecule has 0 bridgehead atoms. The normalized spacial score (nSPS) is 20.8. The first kappa shape index (κ1) is 9.57. The number of amides is 1. The zero-order chi connectivity index (χ0) is 9.26. The van der Waals surface area contributed by atoms with Gasteiger partial charge < -0.3 is 0 Å². The molecule has 1 aromatic carbocycles. The molecule has 1 aliphatic rings. The van der Waals surface area contributed by atoms with Crippen LogP contribution in [0.1, 0.15) is 19.8 Å². The van der Waals surface area contributed by atoms with E-state index in [1.54, 1.807) is 0 Å². The molecule has 1 amide bonds. The molecule has 0 saturated carbocycles. The predicted molar refractivity (Wildman–Crippen MR) is 57.8 cm³/mol. The molecule has 1 atom stereocenters. The molecule has 0 spiro atoms. The summed E-state index contributed by atoms with van der Waals surface area (Å²) in [6, 6.07) is 7.71. The van der Waals surface area contributed by atoms with E-state index in [4.69, 9.17) is 5.73 Å². The van der Waals surface area contributed by atoms with Crippen LogP contribution in [0.25, 0.3) is 0 Å². The van der Waals surface area contributed by atoms with Gasteiger partial charge in [-0.1, -0.05) is 0 Å². The van der Waals surface area contributed by atoms with E-state index in [2.05, 4.69) is 4.01 Å². The van der Waals surface area contributed by atoms with E-state index in [-0.39, 0.29) is 5.91 Å². The molecule has 0 radical (unpaired) electrons. The summed E-state index contributed by atoms with van der Waals surface area (Å²) < 4.78 is 3.21. The summed E-state index contributed by atoms with van der Waals surface area (Å²) in [6.07, 6.45) is 0. The van der Waals surface area contributed by atoms with E-state index in [1.165, 1.54) is 5.56 Å². The number of alkyl halides is 1. The third-order valence-electron chi connectivity index (χ3n) is 1.81. The van der Waals surface area contributed by atoms with Crippen molar-refractivity contribution in [2.75, 3.05) is 0 Å². The third-order valence-corrected chi connectivity index (χ3v) is 13.1. The average molecular weight is 400 g/mol. The fraction of sp³-hybridized carbons (Fsp3) is 0.111. The number of hydrogen-bond acceptors (Lipinski definition) is 1. The summed E-state index contributed by atoms with van der Waals surface area (Å²) in [5.41, 5.74) is 7.12. The van der Waals surface area contributed by atoms with Crippen LogP contribution in [-0.4, -0.2) is 9.92 Å². The van der Waals surface area contributed by atoms with Gasteiger partial charge >= 0.3 is 93.7 Å². The number of benzene rings is 1. The number of carbonyl (C=O) groups is 1. The molecular formula is C9H8I2NO-. The van der Waals surface area contributed by atoms with E-state index in [0.29, 0.717) is 39.5 Å². The monoisotopic (exact) mass is 400 g/mol. The van der Waals surface area contributed by atoms with Crippen LogP contribution in [0.5, 0.6) is 0 Å². The molecule has 1 unspecified atom stereocenters. The van der Waals surface area contributed by atoms with E-state index in [9.17, 15) is 4.79 Å². The standard InChI is InChI=1S/C9H8I2NO/c12-9(13)7-3-1-6(2-4-7)8-5-10-11-8/h1-5,8H,(H2,12,13)/q-1. The van der Waals surface area contributed by atoms with Crippen LogP contribution in [0.2, 0.25) is 0 Å². The summed E-state index contributed by atoms with van der Waals surface area (Å²) in [7, 11) is 0. The summed E-state index contributed by atoms with van der Waals surface area (Å²) in [4.78, 5) is 10.8. The fourth-order valence-electron chi connectivity index (χ4n) is 1.05. The summed E-state index contributed by atoms with van der Waals surface area (Å²) >= 11 is 0.957. The van der Waals surface area contributed by atoms with Crippen molar-refractivity contribution in [3.63, 3.8) is 0 Å². The van der Waals surface area contributed by atoms with Crippen molar-refractivity contribution >= 4 is 26.7 Å². The van der Waals surface area contributed by atoms with Gasteiger partial charge in [-0.15, -0.1) is 0 Å². The molecule has 4 heteroatoms. The summed E-state index contributed by atoms with van der Waals surface area (Å²) in [5.74, 6) is -0.341. The molecule has 1 aromatic rings. The topological polar surface area (TPSA) is 43.1 Å². The van der Waals surface area contributed by atoms with Gasteiger partial charge in [-0.2, -0.15) is 0 Å². The second kappa shape index (κ2) is 4.04. The van der Waals surface area contributed by atoms with Gasteiger partial charge in [0.1, 0.15) is 0 Å². The Kier molecular flexibility index (Phi) is 2.97. The predicted octanol–water partition coefficient (Wildman–Crippen LogP) is -1.38. The van der Waals surface area contributed by atoms with E-state index in [1.807, 2.05) is 24.3 Å². The molecule has 70 valence electrons. The Bertz CT molecular complexity index is 358. The number of rotatable bonds is 2. The van der Waals surface area contributed by atoms with E-state index in [0.717, 1.165) is 3.92 Å². The fourth-order valence-corrected chi connectivity index (χ4v) is 8.16. The molecule has 1 aliphatic heterocycles. The Morgan fingerprint density at radius 2 is 2.00 bits per heavy atom. The minimum absolute atomic E-state index is 0.341. The number of halogens is 2. The van der Waals surface area contributed by atoms with Crippen molar-refractivity contribution < 1.29 is 22.0 Å². The van der Waals surface area contributed by atoms with Gasteiger partial charge in [0.05, 0.1) is 0 Å². The van der Waals surface area contributed by atoms with Gasteiger partial charge in [-0.25, -0.2) is 0 Å². The maximum atomic E-state index is 10.8. The first-order chi connectivity index (χ1) is 6.27. The van der Waals surface area contributed by atoms with Crippen molar-refractivity contribution in [3.8, 4) is 0 Å². The maximum absolute atomic E-state index is 10.8. The molecule has 13 heavy (non-hydrogen) atoms. The van der Waals surface area contributed by atoms with Crippen molar-refractivity contribution in [1.29, 1.82) is 0 Å². The molecule has 1 heterocycles. The number of nitrogens with two attached hydrogens (primary N) is 1. The second-order valence-corrected chi connectivity index (χ2v) is 12.0. The molecule has 0 aliphatic carbocycles. The van der Waals surface area contributed by atoms with E-state index >= 15 is 0 Å². The van der Waals surface area contributed by atoms with Gasteiger partial charge in [0.15, 0.2) is 0 Å². The Hall–Kier alpha value is 0.0200. The Morgan fingerprint density at radius 1 is 1.38 bits per heavy atom. The van der Waals surface area contributed by atoms with Gasteiger partial charge in [0, 0.05) is 0 Å². The van der Waals surface area contributed by atoms with Crippen molar-refractivity contribution in [2.45, 2.75) is 3.92 Å². The minimum atomic E-state index is -0.341. The van der Waals surface area contributed by atoms with Gasteiger partial charge in [0.2, 0.25) is 0 Å².